The predicted molar refractivity (Wildman–Crippen MR) is 104 cm³/mol. The first-order valence-corrected chi connectivity index (χ1v) is 8.73. The van der Waals surface area contributed by atoms with Crippen molar-refractivity contribution in [2.45, 2.75) is 5.54 Å². The van der Waals surface area contributed by atoms with E-state index in [0.717, 1.165) is 28.0 Å². The van der Waals surface area contributed by atoms with E-state index in [1.807, 2.05) is 48.5 Å². The molecule has 0 saturated carbocycles. The highest BCUT2D eigenvalue weighted by molar-refractivity contribution is 6.32. The van der Waals surface area contributed by atoms with Gasteiger partial charge in [-0.1, -0.05) is 59.6 Å². The molecule has 130 valence electrons. The quantitative estimate of drug-likeness (QED) is 0.681. The van der Waals surface area contributed by atoms with Crippen LogP contribution in [0.5, 0.6) is 5.75 Å². The molecule has 26 heavy (non-hydrogen) atoms. The molecule has 0 amide bonds. The third kappa shape index (κ3) is 2.54. The highest BCUT2D eigenvalue weighted by Crippen LogP contribution is 2.47. The summed E-state index contributed by atoms with van der Waals surface area (Å²) in [4.78, 5) is 8.95. The summed E-state index contributed by atoms with van der Waals surface area (Å²) in [6.45, 7) is 0. The van der Waals surface area contributed by atoms with Crippen molar-refractivity contribution in [3.8, 4) is 5.75 Å². The van der Waals surface area contributed by atoms with Gasteiger partial charge in [0.05, 0.1) is 7.11 Å². The van der Waals surface area contributed by atoms with E-state index in [1.165, 1.54) is 0 Å². The third-order valence-corrected chi connectivity index (χ3v) is 4.94. The van der Waals surface area contributed by atoms with Crippen molar-refractivity contribution in [1.29, 1.82) is 0 Å². The Kier molecular flexibility index (Phi) is 4.10. The average Bonchev–Trinajstić information content (AvgIpc) is 2.95. The van der Waals surface area contributed by atoms with Gasteiger partial charge in [-0.2, -0.15) is 0 Å². The number of nitrogens with two attached hydrogens (primary N) is 1. The standard InChI is InChI=1S/C20H15Cl2N3O/c1-26-14-6-4-5-12(9-14)20(13-10-17(21)24-18(22)11-13)16-8-3-2-7-15(16)19(23)25-20/h2-11H,1H3,(H2,23,25). The molecule has 1 unspecified atom stereocenters. The molecule has 1 aromatic heterocycles. The minimum absolute atomic E-state index is 0.299. The van der Waals surface area contributed by atoms with Crippen molar-refractivity contribution in [3.63, 3.8) is 0 Å². The lowest BCUT2D eigenvalue weighted by Crippen LogP contribution is -2.25. The van der Waals surface area contributed by atoms with Crippen LogP contribution in [0.25, 0.3) is 0 Å². The van der Waals surface area contributed by atoms with Crippen molar-refractivity contribution in [2.75, 3.05) is 7.11 Å². The zero-order chi connectivity index (χ0) is 18.3. The number of halogens is 2. The molecule has 1 atom stereocenters. The second-order valence-electron chi connectivity index (χ2n) is 5.99. The number of methoxy groups -OCH3 is 1. The van der Waals surface area contributed by atoms with E-state index in [-0.39, 0.29) is 0 Å². The number of amidine groups is 1. The molecule has 2 N–H and O–H groups in total. The van der Waals surface area contributed by atoms with E-state index in [0.29, 0.717) is 16.1 Å². The molecule has 0 fully saturated rings. The number of benzene rings is 2. The van der Waals surface area contributed by atoms with E-state index in [9.17, 15) is 0 Å². The Labute approximate surface area is 161 Å². The monoisotopic (exact) mass is 383 g/mol. The van der Waals surface area contributed by atoms with Crippen LogP contribution in [0.4, 0.5) is 0 Å². The van der Waals surface area contributed by atoms with Crippen LogP contribution in [0, 0.1) is 0 Å². The van der Waals surface area contributed by atoms with Gasteiger partial charge in [0.25, 0.3) is 0 Å². The second kappa shape index (κ2) is 6.31. The Balaban J connectivity index is 2.09. The summed E-state index contributed by atoms with van der Waals surface area (Å²) < 4.78 is 5.41. The van der Waals surface area contributed by atoms with Crippen molar-refractivity contribution in [2.24, 2.45) is 10.7 Å². The molecule has 4 nitrogen and oxygen atoms in total. The van der Waals surface area contributed by atoms with Crippen LogP contribution in [-0.4, -0.2) is 17.9 Å². The number of hydrogen-bond acceptors (Lipinski definition) is 4. The number of aliphatic imine (C=N–C) groups is 1. The van der Waals surface area contributed by atoms with Crippen molar-refractivity contribution < 1.29 is 4.74 Å². The van der Waals surface area contributed by atoms with Gasteiger partial charge in [0, 0.05) is 5.56 Å². The number of fused-ring (bicyclic) bond motifs is 1. The summed E-state index contributed by atoms with van der Waals surface area (Å²) in [6, 6.07) is 19.2. The molecule has 0 bridgehead atoms. The minimum Gasteiger partial charge on any atom is -0.497 e. The van der Waals surface area contributed by atoms with Crippen molar-refractivity contribution in [1.82, 2.24) is 4.98 Å². The van der Waals surface area contributed by atoms with E-state index in [1.54, 1.807) is 19.2 Å². The van der Waals surface area contributed by atoms with Gasteiger partial charge in [-0.3, -0.25) is 0 Å². The Morgan fingerprint density at radius 2 is 1.65 bits per heavy atom. The molecule has 0 aliphatic carbocycles. The normalized spacial score (nSPS) is 18.3. The highest BCUT2D eigenvalue weighted by atomic mass is 35.5. The molecular weight excluding hydrogens is 369 g/mol. The molecule has 0 saturated heterocycles. The first-order valence-electron chi connectivity index (χ1n) is 7.98. The van der Waals surface area contributed by atoms with Crippen LogP contribution in [0.3, 0.4) is 0 Å². The summed E-state index contributed by atoms with van der Waals surface area (Å²) in [5.74, 6) is 1.19. The third-order valence-electron chi connectivity index (χ3n) is 4.55. The van der Waals surface area contributed by atoms with Gasteiger partial charge >= 0.3 is 0 Å². The molecule has 1 aliphatic rings. The largest absolute Gasteiger partial charge is 0.497 e. The Bertz CT molecular complexity index is 1010. The number of aromatic nitrogens is 1. The van der Waals surface area contributed by atoms with Crippen LogP contribution < -0.4 is 10.5 Å². The number of nitrogens with zero attached hydrogens (tertiary/aromatic N) is 2. The molecule has 6 heteroatoms. The van der Waals surface area contributed by atoms with Crippen molar-refractivity contribution in [3.05, 3.63) is 93.2 Å². The van der Waals surface area contributed by atoms with Gasteiger partial charge in [-0.25, -0.2) is 9.98 Å². The van der Waals surface area contributed by atoms with Gasteiger partial charge < -0.3 is 10.5 Å². The van der Waals surface area contributed by atoms with E-state index in [2.05, 4.69) is 4.98 Å². The number of hydrogen-bond donors (Lipinski definition) is 1. The summed E-state index contributed by atoms with van der Waals surface area (Å²) in [6.07, 6.45) is 0. The maximum atomic E-state index is 6.28. The highest BCUT2D eigenvalue weighted by Gasteiger charge is 2.43. The molecule has 4 rings (SSSR count). The minimum atomic E-state index is -0.870. The Morgan fingerprint density at radius 1 is 0.923 bits per heavy atom. The van der Waals surface area contributed by atoms with Crippen LogP contribution in [0.2, 0.25) is 10.3 Å². The summed E-state index contributed by atoms with van der Waals surface area (Å²) in [5, 5.41) is 0.598. The van der Waals surface area contributed by atoms with Crippen LogP contribution in [0.1, 0.15) is 22.3 Å². The van der Waals surface area contributed by atoms with E-state index >= 15 is 0 Å². The average molecular weight is 384 g/mol. The first-order chi connectivity index (χ1) is 12.5. The second-order valence-corrected chi connectivity index (χ2v) is 6.76. The smallest absolute Gasteiger partial charge is 0.139 e. The molecule has 0 spiro atoms. The summed E-state index contributed by atoms with van der Waals surface area (Å²) in [5.41, 5.74) is 8.96. The molecule has 3 aromatic rings. The van der Waals surface area contributed by atoms with Gasteiger partial charge in [0.2, 0.25) is 0 Å². The molecule has 2 aromatic carbocycles. The zero-order valence-corrected chi connectivity index (χ0v) is 15.4. The van der Waals surface area contributed by atoms with Crippen LogP contribution in [0.15, 0.2) is 65.7 Å². The molecular formula is C20H15Cl2N3O. The van der Waals surface area contributed by atoms with Gasteiger partial charge in [-0.15, -0.1) is 0 Å². The SMILES string of the molecule is COc1cccc(C2(c3cc(Cl)nc(Cl)c3)N=C(N)c3ccccc32)c1. The van der Waals surface area contributed by atoms with Gasteiger partial charge in [0.15, 0.2) is 0 Å². The number of rotatable bonds is 3. The van der Waals surface area contributed by atoms with Crippen LogP contribution in [-0.2, 0) is 5.54 Å². The maximum absolute atomic E-state index is 6.28. The lowest BCUT2D eigenvalue weighted by molar-refractivity contribution is 0.413. The fraction of sp³-hybridized carbons (Fsp3) is 0.100. The fourth-order valence-corrected chi connectivity index (χ4v) is 3.91. The van der Waals surface area contributed by atoms with Crippen molar-refractivity contribution >= 4 is 29.0 Å². The summed E-state index contributed by atoms with van der Waals surface area (Å²) >= 11 is 12.4. The van der Waals surface area contributed by atoms with Gasteiger partial charge in [0.1, 0.15) is 27.4 Å². The lowest BCUT2D eigenvalue weighted by Gasteiger charge is -2.29. The number of pyridine rings is 1. The Hall–Kier alpha value is -2.56. The zero-order valence-electron chi connectivity index (χ0n) is 13.9. The molecule has 0 radical (unpaired) electrons. The summed E-state index contributed by atoms with van der Waals surface area (Å²) in [7, 11) is 1.63. The predicted octanol–water partition coefficient (Wildman–Crippen LogP) is 4.41. The van der Waals surface area contributed by atoms with E-state index in [4.69, 9.17) is 38.7 Å². The maximum Gasteiger partial charge on any atom is 0.139 e. The number of ether oxygens (including phenoxy) is 1. The van der Waals surface area contributed by atoms with E-state index < -0.39 is 5.54 Å². The topological polar surface area (TPSA) is 60.5 Å². The first kappa shape index (κ1) is 16.9. The van der Waals surface area contributed by atoms with Crippen LogP contribution >= 0.6 is 23.2 Å². The van der Waals surface area contributed by atoms with Gasteiger partial charge in [-0.05, 0) is 41.0 Å². The Morgan fingerprint density at radius 3 is 2.38 bits per heavy atom. The fourth-order valence-electron chi connectivity index (χ4n) is 3.45. The molecule has 1 aliphatic heterocycles. The lowest BCUT2D eigenvalue weighted by atomic mass is 9.78. The molecule has 2 heterocycles.